The number of rotatable bonds is 1. The summed E-state index contributed by atoms with van der Waals surface area (Å²) in [5.41, 5.74) is 1.18. The van der Waals surface area contributed by atoms with E-state index in [1.165, 1.54) is 18.5 Å². The van der Waals surface area contributed by atoms with E-state index in [1.54, 1.807) is 0 Å². The van der Waals surface area contributed by atoms with Gasteiger partial charge in [-0.15, -0.1) is 0 Å². The number of hydrogen-bond donors (Lipinski definition) is 2. The molecule has 3 nitrogen and oxygen atoms in total. The third-order valence-corrected chi connectivity index (χ3v) is 2.54. The van der Waals surface area contributed by atoms with E-state index in [1.807, 2.05) is 6.07 Å². The molecular formula is C8H12ClN3. The molecule has 1 saturated heterocycles. The molecule has 0 aromatic carbocycles. The number of hydrogen-bond acceptors (Lipinski definition) is 2. The Hall–Kier alpha value is -0.540. The van der Waals surface area contributed by atoms with Gasteiger partial charge in [-0.1, -0.05) is 11.6 Å². The van der Waals surface area contributed by atoms with Crippen LogP contribution in [0.1, 0.15) is 24.5 Å². The molecule has 0 unspecified atom stereocenters. The Labute approximate surface area is 76.5 Å². The van der Waals surface area contributed by atoms with Gasteiger partial charge >= 0.3 is 0 Å². The monoisotopic (exact) mass is 185 g/mol. The maximum absolute atomic E-state index is 5.72. The van der Waals surface area contributed by atoms with Crippen LogP contribution in [0.4, 0.5) is 0 Å². The van der Waals surface area contributed by atoms with Crippen LogP contribution in [0.2, 0.25) is 5.15 Å². The van der Waals surface area contributed by atoms with Gasteiger partial charge in [-0.05, 0) is 32.0 Å². The average Bonchev–Trinajstić information content (AvgIpc) is 2.54. The number of nitrogens with zero attached hydrogens (tertiary/aromatic N) is 1. The van der Waals surface area contributed by atoms with Crippen molar-refractivity contribution in [2.45, 2.75) is 18.8 Å². The van der Waals surface area contributed by atoms with Crippen LogP contribution in [0.3, 0.4) is 0 Å². The summed E-state index contributed by atoms with van der Waals surface area (Å²) in [6.45, 7) is 2.20. The van der Waals surface area contributed by atoms with Gasteiger partial charge < -0.3 is 5.32 Å². The number of aromatic nitrogens is 2. The summed E-state index contributed by atoms with van der Waals surface area (Å²) in [5.74, 6) is 0.617. The van der Waals surface area contributed by atoms with Gasteiger partial charge in [0.1, 0.15) is 0 Å². The Morgan fingerprint density at radius 2 is 2.17 bits per heavy atom. The summed E-state index contributed by atoms with van der Waals surface area (Å²) in [5, 5.41) is 10.8. The quantitative estimate of drug-likeness (QED) is 0.697. The lowest BCUT2D eigenvalue weighted by molar-refractivity contribution is 0.453. The molecule has 1 aliphatic heterocycles. The summed E-state index contributed by atoms with van der Waals surface area (Å²) in [4.78, 5) is 0. The van der Waals surface area contributed by atoms with Gasteiger partial charge in [0.25, 0.3) is 0 Å². The van der Waals surface area contributed by atoms with Crippen molar-refractivity contribution in [1.82, 2.24) is 15.5 Å². The standard InChI is InChI=1S/C8H12ClN3/c9-8-5-7(11-12-8)6-1-3-10-4-2-6/h5-6,10H,1-4H2,(H,11,12). The van der Waals surface area contributed by atoms with Crippen molar-refractivity contribution in [2.75, 3.05) is 13.1 Å². The van der Waals surface area contributed by atoms with Crippen molar-refractivity contribution >= 4 is 11.6 Å². The predicted molar refractivity (Wildman–Crippen MR) is 48.4 cm³/mol. The molecular weight excluding hydrogens is 174 g/mol. The normalized spacial score (nSPS) is 19.8. The molecule has 1 fully saturated rings. The van der Waals surface area contributed by atoms with Crippen molar-refractivity contribution in [3.8, 4) is 0 Å². The molecule has 0 atom stereocenters. The van der Waals surface area contributed by atoms with E-state index < -0.39 is 0 Å². The SMILES string of the molecule is Clc1cc(C2CCNCC2)[nH]n1. The lowest BCUT2D eigenvalue weighted by Gasteiger charge is -2.20. The molecule has 4 heteroatoms. The second kappa shape index (κ2) is 3.46. The van der Waals surface area contributed by atoms with Gasteiger partial charge in [0.2, 0.25) is 0 Å². The molecule has 0 spiro atoms. The highest BCUT2D eigenvalue weighted by Gasteiger charge is 2.16. The maximum Gasteiger partial charge on any atom is 0.151 e. The second-order valence-corrected chi connectivity index (χ2v) is 3.56. The fourth-order valence-corrected chi connectivity index (χ4v) is 1.81. The Morgan fingerprint density at radius 3 is 2.75 bits per heavy atom. The van der Waals surface area contributed by atoms with Crippen LogP contribution in [0, 0.1) is 0 Å². The Kier molecular flexibility index (Phi) is 2.33. The molecule has 0 amide bonds. The average molecular weight is 186 g/mol. The molecule has 1 aromatic heterocycles. The molecule has 12 heavy (non-hydrogen) atoms. The van der Waals surface area contributed by atoms with Crippen LogP contribution < -0.4 is 5.32 Å². The van der Waals surface area contributed by atoms with E-state index >= 15 is 0 Å². The van der Waals surface area contributed by atoms with Gasteiger partial charge in [-0.3, -0.25) is 5.10 Å². The second-order valence-electron chi connectivity index (χ2n) is 3.17. The van der Waals surface area contributed by atoms with Gasteiger partial charge in [0.05, 0.1) is 0 Å². The van der Waals surface area contributed by atoms with Gasteiger partial charge in [-0.25, -0.2) is 0 Å². The number of piperidine rings is 1. The van der Waals surface area contributed by atoms with E-state index in [4.69, 9.17) is 11.6 Å². The summed E-state index contributed by atoms with van der Waals surface area (Å²) in [6, 6.07) is 1.93. The van der Waals surface area contributed by atoms with Crippen LogP contribution in [0.25, 0.3) is 0 Å². The van der Waals surface area contributed by atoms with E-state index in [9.17, 15) is 0 Å². The molecule has 0 radical (unpaired) electrons. The fourth-order valence-electron chi connectivity index (χ4n) is 1.65. The minimum absolute atomic E-state index is 0.573. The lowest BCUT2D eigenvalue weighted by atomic mass is 9.95. The first-order valence-corrected chi connectivity index (χ1v) is 4.65. The molecule has 0 aliphatic carbocycles. The highest BCUT2D eigenvalue weighted by atomic mass is 35.5. The van der Waals surface area contributed by atoms with Crippen molar-refractivity contribution in [3.63, 3.8) is 0 Å². The van der Waals surface area contributed by atoms with E-state index in [0.717, 1.165) is 13.1 Å². The Bertz CT molecular complexity index is 253. The van der Waals surface area contributed by atoms with Crippen LogP contribution in [-0.4, -0.2) is 23.3 Å². The smallest absolute Gasteiger partial charge is 0.151 e. The molecule has 1 aromatic rings. The zero-order valence-electron chi connectivity index (χ0n) is 6.81. The zero-order valence-corrected chi connectivity index (χ0v) is 7.56. The minimum Gasteiger partial charge on any atom is -0.317 e. The highest BCUT2D eigenvalue weighted by molar-refractivity contribution is 6.29. The van der Waals surface area contributed by atoms with Crippen LogP contribution in [0.5, 0.6) is 0 Å². The summed E-state index contributed by atoms with van der Waals surface area (Å²) < 4.78 is 0. The Morgan fingerprint density at radius 1 is 1.42 bits per heavy atom. The fraction of sp³-hybridized carbons (Fsp3) is 0.625. The summed E-state index contributed by atoms with van der Waals surface area (Å²) in [7, 11) is 0. The topological polar surface area (TPSA) is 40.7 Å². The summed E-state index contributed by atoms with van der Waals surface area (Å²) in [6.07, 6.45) is 2.36. The number of nitrogens with one attached hydrogen (secondary N) is 2. The van der Waals surface area contributed by atoms with Crippen LogP contribution in [0.15, 0.2) is 6.07 Å². The molecule has 66 valence electrons. The first kappa shape index (κ1) is 8.08. The van der Waals surface area contributed by atoms with Gasteiger partial charge in [0.15, 0.2) is 5.15 Å². The molecule has 2 heterocycles. The third-order valence-electron chi connectivity index (χ3n) is 2.35. The first-order valence-electron chi connectivity index (χ1n) is 4.28. The first-order chi connectivity index (χ1) is 5.86. The molecule has 0 saturated carbocycles. The van der Waals surface area contributed by atoms with E-state index in [0.29, 0.717) is 11.1 Å². The Balaban J connectivity index is 2.08. The van der Waals surface area contributed by atoms with Gasteiger partial charge in [0, 0.05) is 11.6 Å². The van der Waals surface area contributed by atoms with E-state index in [2.05, 4.69) is 15.5 Å². The van der Waals surface area contributed by atoms with Crippen molar-refractivity contribution in [2.24, 2.45) is 0 Å². The number of halogens is 1. The predicted octanol–water partition coefficient (Wildman–Crippen LogP) is 1.53. The lowest BCUT2D eigenvalue weighted by Crippen LogP contribution is -2.26. The largest absolute Gasteiger partial charge is 0.317 e. The molecule has 1 aliphatic rings. The third kappa shape index (κ3) is 1.62. The van der Waals surface area contributed by atoms with Crippen molar-refractivity contribution < 1.29 is 0 Å². The summed E-state index contributed by atoms with van der Waals surface area (Å²) >= 11 is 5.72. The van der Waals surface area contributed by atoms with E-state index in [-0.39, 0.29) is 0 Å². The van der Waals surface area contributed by atoms with Gasteiger partial charge in [-0.2, -0.15) is 5.10 Å². The number of H-pyrrole nitrogens is 1. The maximum atomic E-state index is 5.72. The minimum atomic E-state index is 0.573. The molecule has 2 N–H and O–H groups in total. The molecule has 2 rings (SSSR count). The zero-order chi connectivity index (χ0) is 8.39. The number of aromatic amines is 1. The van der Waals surface area contributed by atoms with Crippen LogP contribution >= 0.6 is 11.6 Å². The van der Waals surface area contributed by atoms with Crippen LogP contribution in [-0.2, 0) is 0 Å². The van der Waals surface area contributed by atoms with Crippen molar-refractivity contribution in [1.29, 1.82) is 0 Å². The molecule has 0 bridgehead atoms. The highest BCUT2D eigenvalue weighted by Crippen LogP contribution is 2.24. The van der Waals surface area contributed by atoms with Crippen molar-refractivity contribution in [3.05, 3.63) is 16.9 Å².